The first-order chi connectivity index (χ1) is 8.16. The molecule has 0 aliphatic heterocycles. The minimum atomic E-state index is -0.241. The van der Waals surface area contributed by atoms with Crippen LogP contribution in [0.25, 0.3) is 0 Å². The van der Waals surface area contributed by atoms with Crippen molar-refractivity contribution >= 4 is 11.8 Å². The predicted molar refractivity (Wildman–Crippen MR) is 64.9 cm³/mol. The van der Waals surface area contributed by atoms with Gasteiger partial charge in [0.05, 0.1) is 6.04 Å². The highest BCUT2D eigenvalue weighted by Gasteiger charge is 2.10. The third kappa shape index (κ3) is 2.69. The van der Waals surface area contributed by atoms with E-state index in [0.29, 0.717) is 11.4 Å². The van der Waals surface area contributed by atoms with Crippen LogP contribution in [0.5, 0.6) is 0 Å². The average molecular weight is 232 g/mol. The SMILES string of the molecule is CC(Nc1ccnc(N)n1)c1ccccc1F. The van der Waals surface area contributed by atoms with Crippen LogP contribution in [0.2, 0.25) is 0 Å². The van der Waals surface area contributed by atoms with Gasteiger partial charge in [0.15, 0.2) is 0 Å². The van der Waals surface area contributed by atoms with Crippen molar-refractivity contribution in [2.45, 2.75) is 13.0 Å². The molecule has 88 valence electrons. The zero-order valence-corrected chi connectivity index (χ0v) is 9.39. The highest BCUT2D eigenvalue weighted by molar-refractivity contribution is 5.40. The molecule has 4 nitrogen and oxygen atoms in total. The number of halogens is 1. The zero-order chi connectivity index (χ0) is 12.3. The van der Waals surface area contributed by atoms with E-state index in [9.17, 15) is 4.39 Å². The molecule has 0 spiro atoms. The van der Waals surface area contributed by atoms with E-state index in [2.05, 4.69) is 15.3 Å². The smallest absolute Gasteiger partial charge is 0.221 e. The summed E-state index contributed by atoms with van der Waals surface area (Å²) in [6, 6.07) is 8.12. The summed E-state index contributed by atoms with van der Waals surface area (Å²) in [5, 5.41) is 3.07. The summed E-state index contributed by atoms with van der Waals surface area (Å²) in [6.45, 7) is 1.86. The van der Waals surface area contributed by atoms with Gasteiger partial charge >= 0.3 is 0 Å². The minimum absolute atomic E-state index is 0.189. The van der Waals surface area contributed by atoms with Gasteiger partial charge in [-0.15, -0.1) is 0 Å². The fourth-order valence-corrected chi connectivity index (χ4v) is 1.58. The van der Waals surface area contributed by atoms with Gasteiger partial charge in [0.2, 0.25) is 5.95 Å². The van der Waals surface area contributed by atoms with Gasteiger partial charge in [0.25, 0.3) is 0 Å². The van der Waals surface area contributed by atoms with E-state index in [1.165, 1.54) is 6.07 Å². The maximum absolute atomic E-state index is 13.5. The Bertz CT molecular complexity index is 515. The van der Waals surface area contributed by atoms with Gasteiger partial charge in [0, 0.05) is 11.8 Å². The molecule has 5 heteroatoms. The van der Waals surface area contributed by atoms with Crippen molar-refractivity contribution in [1.29, 1.82) is 0 Å². The highest BCUT2D eigenvalue weighted by atomic mass is 19.1. The van der Waals surface area contributed by atoms with E-state index in [-0.39, 0.29) is 17.8 Å². The first kappa shape index (κ1) is 11.3. The number of nitrogen functional groups attached to an aromatic ring is 1. The van der Waals surface area contributed by atoms with Gasteiger partial charge in [-0.3, -0.25) is 0 Å². The lowest BCUT2D eigenvalue weighted by Gasteiger charge is -2.15. The van der Waals surface area contributed by atoms with Gasteiger partial charge < -0.3 is 11.1 Å². The van der Waals surface area contributed by atoms with Crippen LogP contribution in [-0.4, -0.2) is 9.97 Å². The largest absolute Gasteiger partial charge is 0.368 e. The lowest BCUT2D eigenvalue weighted by Crippen LogP contribution is -2.10. The minimum Gasteiger partial charge on any atom is -0.368 e. The fourth-order valence-electron chi connectivity index (χ4n) is 1.58. The van der Waals surface area contributed by atoms with Crippen molar-refractivity contribution in [2.75, 3.05) is 11.1 Å². The Balaban J connectivity index is 2.17. The highest BCUT2D eigenvalue weighted by Crippen LogP contribution is 2.20. The third-order valence-electron chi connectivity index (χ3n) is 2.41. The predicted octanol–water partition coefficient (Wildman–Crippen LogP) is 2.37. The van der Waals surface area contributed by atoms with E-state index in [0.717, 1.165) is 0 Å². The molecular weight excluding hydrogens is 219 g/mol. The molecule has 2 rings (SSSR count). The Kier molecular flexibility index (Phi) is 3.18. The van der Waals surface area contributed by atoms with Crippen molar-refractivity contribution in [3.8, 4) is 0 Å². The molecule has 1 unspecified atom stereocenters. The maximum Gasteiger partial charge on any atom is 0.221 e. The van der Waals surface area contributed by atoms with E-state index in [4.69, 9.17) is 5.73 Å². The van der Waals surface area contributed by atoms with Gasteiger partial charge in [0.1, 0.15) is 11.6 Å². The van der Waals surface area contributed by atoms with Crippen LogP contribution in [0.15, 0.2) is 36.5 Å². The van der Waals surface area contributed by atoms with Crippen LogP contribution in [0.3, 0.4) is 0 Å². The van der Waals surface area contributed by atoms with E-state index in [1.807, 2.05) is 6.92 Å². The lowest BCUT2D eigenvalue weighted by molar-refractivity contribution is 0.600. The molecule has 1 aromatic heterocycles. The summed E-state index contributed by atoms with van der Waals surface area (Å²) < 4.78 is 13.5. The number of benzene rings is 1. The van der Waals surface area contributed by atoms with Crippen molar-refractivity contribution < 1.29 is 4.39 Å². The average Bonchev–Trinajstić information content (AvgIpc) is 2.29. The first-order valence-electron chi connectivity index (χ1n) is 5.26. The molecule has 1 heterocycles. The number of aromatic nitrogens is 2. The van der Waals surface area contributed by atoms with Crippen molar-refractivity contribution in [3.63, 3.8) is 0 Å². The quantitative estimate of drug-likeness (QED) is 0.852. The standard InChI is InChI=1S/C12H13FN4/c1-8(9-4-2-3-5-10(9)13)16-11-6-7-15-12(14)17-11/h2-8H,1H3,(H3,14,15,16,17). The van der Waals surface area contributed by atoms with Crippen LogP contribution in [0, 0.1) is 5.82 Å². The van der Waals surface area contributed by atoms with Crippen LogP contribution in [-0.2, 0) is 0 Å². The van der Waals surface area contributed by atoms with Crippen molar-refractivity contribution in [3.05, 3.63) is 47.9 Å². The summed E-state index contributed by atoms with van der Waals surface area (Å²) in [5.74, 6) is 0.526. The Labute approximate surface area is 98.7 Å². The Morgan fingerprint density at radius 3 is 2.76 bits per heavy atom. The van der Waals surface area contributed by atoms with Crippen LogP contribution < -0.4 is 11.1 Å². The number of rotatable bonds is 3. The molecule has 0 amide bonds. The molecule has 0 bridgehead atoms. The fraction of sp³-hybridized carbons (Fsp3) is 0.167. The molecule has 0 saturated heterocycles. The summed E-state index contributed by atoms with van der Waals surface area (Å²) in [4.78, 5) is 7.79. The van der Waals surface area contributed by atoms with Crippen LogP contribution in [0.4, 0.5) is 16.2 Å². The first-order valence-corrected chi connectivity index (χ1v) is 5.26. The molecule has 3 N–H and O–H groups in total. The van der Waals surface area contributed by atoms with E-state index < -0.39 is 0 Å². The molecule has 0 aliphatic rings. The van der Waals surface area contributed by atoms with Crippen LogP contribution >= 0.6 is 0 Å². The topological polar surface area (TPSA) is 63.8 Å². The summed E-state index contributed by atoms with van der Waals surface area (Å²) in [5.41, 5.74) is 6.05. The Morgan fingerprint density at radius 1 is 1.29 bits per heavy atom. The normalized spacial score (nSPS) is 12.1. The molecule has 0 saturated carbocycles. The van der Waals surface area contributed by atoms with Crippen molar-refractivity contribution in [1.82, 2.24) is 9.97 Å². The maximum atomic E-state index is 13.5. The lowest BCUT2D eigenvalue weighted by atomic mass is 10.1. The third-order valence-corrected chi connectivity index (χ3v) is 2.41. The molecule has 0 aliphatic carbocycles. The molecule has 1 atom stereocenters. The number of hydrogen-bond donors (Lipinski definition) is 2. The molecule has 2 aromatic rings. The molecule has 1 aromatic carbocycles. The summed E-state index contributed by atoms with van der Waals surface area (Å²) in [7, 11) is 0. The van der Waals surface area contributed by atoms with Crippen LogP contribution in [0.1, 0.15) is 18.5 Å². The molecule has 0 radical (unpaired) electrons. The van der Waals surface area contributed by atoms with Gasteiger partial charge in [-0.05, 0) is 19.1 Å². The second-order valence-electron chi connectivity index (χ2n) is 3.69. The van der Waals surface area contributed by atoms with Crippen molar-refractivity contribution in [2.24, 2.45) is 0 Å². The van der Waals surface area contributed by atoms with Gasteiger partial charge in [-0.1, -0.05) is 18.2 Å². The molecular formula is C12H13FN4. The van der Waals surface area contributed by atoms with E-state index >= 15 is 0 Å². The monoisotopic (exact) mass is 232 g/mol. The second kappa shape index (κ2) is 4.78. The Hall–Kier alpha value is -2.17. The van der Waals surface area contributed by atoms with Gasteiger partial charge in [-0.25, -0.2) is 9.37 Å². The number of hydrogen-bond acceptors (Lipinski definition) is 4. The Morgan fingerprint density at radius 2 is 2.06 bits per heavy atom. The number of nitrogens with one attached hydrogen (secondary N) is 1. The summed E-state index contributed by atoms with van der Waals surface area (Å²) >= 11 is 0. The number of anilines is 2. The molecule has 17 heavy (non-hydrogen) atoms. The summed E-state index contributed by atoms with van der Waals surface area (Å²) in [6.07, 6.45) is 1.55. The second-order valence-corrected chi connectivity index (χ2v) is 3.69. The number of nitrogens with two attached hydrogens (primary N) is 1. The van der Waals surface area contributed by atoms with Gasteiger partial charge in [-0.2, -0.15) is 4.98 Å². The zero-order valence-electron chi connectivity index (χ0n) is 9.39. The molecule has 0 fully saturated rings. The number of nitrogens with zero attached hydrogens (tertiary/aromatic N) is 2. The van der Waals surface area contributed by atoms with E-state index in [1.54, 1.807) is 30.5 Å².